The van der Waals surface area contributed by atoms with Crippen LogP contribution in [0.4, 0.5) is 17.6 Å². The number of hydrogen-bond acceptors (Lipinski definition) is 5. The van der Waals surface area contributed by atoms with Crippen molar-refractivity contribution in [2.75, 3.05) is 0 Å². The summed E-state index contributed by atoms with van der Waals surface area (Å²) in [5.74, 6) is -1.34. The second-order valence-electron chi connectivity index (χ2n) is 4.39. The van der Waals surface area contributed by atoms with Gasteiger partial charge in [0, 0.05) is 29.6 Å². The minimum absolute atomic E-state index is 0.0249. The number of alkyl halides is 4. The third-order valence-corrected chi connectivity index (χ3v) is 2.74. The Balaban J connectivity index is 2.12. The molecule has 0 radical (unpaired) electrons. The summed E-state index contributed by atoms with van der Waals surface area (Å²) in [6.45, 7) is -6.29. The van der Waals surface area contributed by atoms with Crippen molar-refractivity contribution in [2.45, 2.75) is 13.2 Å². The van der Waals surface area contributed by atoms with Gasteiger partial charge in [0.25, 0.3) is 5.91 Å². The van der Waals surface area contributed by atoms with Crippen LogP contribution in [0.25, 0.3) is 0 Å². The zero-order chi connectivity index (χ0) is 18.2. The Hall–Kier alpha value is -3.17. The fraction of sp³-hybridized carbons (Fsp3) is 0.133. The zero-order valence-electron chi connectivity index (χ0n) is 12.4. The number of hydrazone groups is 1. The van der Waals surface area contributed by atoms with E-state index < -0.39 is 24.9 Å². The maximum Gasteiger partial charge on any atom is 0.387 e. The first-order valence-corrected chi connectivity index (χ1v) is 6.73. The van der Waals surface area contributed by atoms with Crippen LogP contribution in [0, 0.1) is 0 Å². The lowest BCUT2D eigenvalue weighted by atomic mass is 10.2. The number of carbonyl (C=O) groups is 1. The molecule has 6 nitrogen and oxygen atoms in total. The number of rotatable bonds is 7. The van der Waals surface area contributed by atoms with Gasteiger partial charge >= 0.3 is 13.2 Å². The van der Waals surface area contributed by atoms with E-state index in [0.29, 0.717) is 0 Å². The van der Waals surface area contributed by atoms with E-state index in [0.717, 1.165) is 18.3 Å². The second-order valence-corrected chi connectivity index (χ2v) is 4.39. The molecule has 0 saturated heterocycles. The average Bonchev–Trinajstić information content (AvgIpc) is 2.56. The van der Waals surface area contributed by atoms with Crippen LogP contribution in [0.3, 0.4) is 0 Å². The molecule has 0 saturated carbocycles. The molecule has 1 N–H and O–H groups in total. The lowest BCUT2D eigenvalue weighted by Crippen LogP contribution is -2.17. The van der Waals surface area contributed by atoms with E-state index in [1.165, 1.54) is 30.6 Å². The first-order valence-electron chi connectivity index (χ1n) is 6.73. The number of nitrogens with one attached hydrogen (secondary N) is 1. The lowest BCUT2D eigenvalue weighted by Gasteiger charge is -2.10. The standard InChI is InChI=1S/C15H11F4N3O3/c16-14(17)24-11-2-1-10(12(7-11)25-15(18)19)8-21-22-13(23)9-3-5-20-6-4-9/h1-8,14-15H,(H,22,23)/b21-8+. The molecule has 132 valence electrons. The Morgan fingerprint density at radius 3 is 2.40 bits per heavy atom. The number of aromatic nitrogens is 1. The Morgan fingerprint density at radius 1 is 1.08 bits per heavy atom. The SMILES string of the molecule is O=C(N/N=C/c1ccc(OC(F)F)cc1OC(F)F)c1ccncc1. The maximum atomic E-state index is 12.4. The number of benzene rings is 1. The van der Waals surface area contributed by atoms with Gasteiger partial charge < -0.3 is 9.47 Å². The molecule has 0 atom stereocenters. The molecule has 0 aliphatic carbocycles. The minimum atomic E-state index is -3.18. The predicted octanol–water partition coefficient (Wildman–Crippen LogP) is 3.05. The Labute approximate surface area is 139 Å². The molecule has 1 heterocycles. The molecule has 0 unspecified atom stereocenters. The number of carbonyl (C=O) groups excluding carboxylic acids is 1. The van der Waals surface area contributed by atoms with Crippen molar-refractivity contribution in [3.8, 4) is 11.5 Å². The molecular formula is C15H11F4N3O3. The average molecular weight is 357 g/mol. The van der Waals surface area contributed by atoms with Gasteiger partial charge in [0.1, 0.15) is 11.5 Å². The van der Waals surface area contributed by atoms with Crippen molar-refractivity contribution >= 4 is 12.1 Å². The quantitative estimate of drug-likeness (QED) is 0.470. The topological polar surface area (TPSA) is 72.8 Å². The van der Waals surface area contributed by atoms with E-state index in [1.54, 1.807) is 0 Å². The van der Waals surface area contributed by atoms with Crippen LogP contribution in [0.5, 0.6) is 11.5 Å². The van der Waals surface area contributed by atoms with Crippen LogP contribution in [-0.4, -0.2) is 30.3 Å². The third kappa shape index (κ3) is 5.75. The van der Waals surface area contributed by atoms with Gasteiger partial charge in [-0.15, -0.1) is 0 Å². The zero-order valence-corrected chi connectivity index (χ0v) is 12.4. The molecule has 0 fully saturated rings. The molecule has 0 aliphatic rings. The van der Waals surface area contributed by atoms with E-state index >= 15 is 0 Å². The van der Waals surface area contributed by atoms with Crippen LogP contribution >= 0.6 is 0 Å². The van der Waals surface area contributed by atoms with Gasteiger partial charge in [-0.05, 0) is 24.3 Å². The highest BCUT2D eigenvalue weighted by Crippen LogP contribution is 2.26. The van der Waals surface area contributed by atoms with Crippen LogP contribution < -0.4 is 14.9 Å². The van der Waals surface area contributed by atoms with E-state index in [2.05, 4.69) is 25.0 Å². The molecule has 2 aromatic rings. The van der Waals surface area contributed by atoms with Gasteiger partial charge in [0.2, 0.25) is 0 Å². The highest BCUT2D eigenvalue weighted by Gasteiger charge is 2.12. The molecule has 25 heavy (non-hydrogen) atoms. The highest BCUT2D eigenvalue weighted by molar-refractivity contribution is 5.94. The largest absolute Gasteiger partial charge is 0.435 e. The summed E-state index contributed by atoms with van der Waals surface area (Å²) in [4.78, 5) is 15.5. The summed E-state index contributed by atoms with van der Waals surface area (Å²) in [6.07, 6.45) is 3.85. The smallest absolute Gasteiger partial charge is 0.387 e. The van der Waals surface area contributed by atoms with Crippen molar-refractivity contribution in [3.63, 3.8) is 0 Å². The van der Waals surface area contributed by atoms with Crippen LogP contribution in [0.1, 0.15) is 15.9 Å². The molecule has 1 aromatic carbocycles. The molecule has 0 aliphatic heterocycles. The van der Waals surface area contributed by atoms with Crippen molar-refractivity contribution < 1.29 is 31.8 Å². The van der Waals surface area contributed by atoms with Gasteiger partial charge in [-0.1, -0.05) is 0 Å². The summed E-state index contributed by atoms with van der Waals surface area (Å²) in [7, 11) is 0. The summed E-state index contributed by atoms with van der Waals surface area (Å²) < 4.78 is 57.6. The minimum Gasteiger partial charge on any atom is -0.435 e. The first kappa shape index (κ1) is 18.2. The Bertz CT molecular complexity index is 742. The third-order valence-electron chi connectivity index (χ3n) is 2.74. The first-order chi connectivity index (χ1) is 12.0. The Morgan fingerprint density at radius 2 is 1.76 bits per heavy atom. The van der Waals surface area contributed by atoms with Crippen molar-refractivity contribution in [2.24, 2.45) is 5.10 Å². The summed E-state index contributed by atoms with van der Waals surface area (Å²) >= 11 is 0. The molecule has 0 spiro atoms. The van der Waals surface area contributed by atoms with Crippen molar-refractivity contribution in [3.05, 3.63) is 53.9 Å². The molecule has 2 rings (SSSR count). The normalized spacial score (nSPS) is 11.1. The number of pyridine rings is 1. The van der Waals surface area contributed by atoms with Gasteiger partial charge in [0.15, 0.2) is 0 Å². The van der Waals surface area contributed by atoms with Gasteiger partial charge in [0.05, 0.1) is 6.21 Å². The van der Waals surface area contributed by atoms with E-state index in [1.807, 2.05) is 0 Å². The van der Waals surface area contributed by atoms with E-state index in [-0.39, 0.29) is 16.9 Å². The monoisotopic (exact) mass is 357 g/mol. The second kappa shape index (κ2) is 8.62. The molecule has 0 bridgehead atoms. The maximum absolute atomic E-state index is 12.4. The van der Waals surface area contributed by atoms with E-state index in [4.69, 9.17) is 0 Å². The van der Waals surface area contributed by atoms with Crippen LogP contribution in [0.15, 0.2) is 47.8 Å². The number of hydrogen-bond donors (Lipinski definition) is 1. The number of nitrogens with zero attached hydrogens (tertiary/aromatic N) is 2. The molecular weight excluding hydrogens is 346 g/mol. The Kier molecular flexibility index (Phi) is 6.26. The summed E-state index contributed by atoms with van der Waals surface area (Å²) in [5.41, 5.74) is 2.50. The van der Waals surface area contributed by atoms with Gasteiger partial charge in [-0.25, -0.2) is 5.43 Å². The number of halogens is 4. The lowest BCUT2D eigenvalue weighted by molar-refractivity contribution is -0.0543. The molecule has 10 heteroatoms. The summed E-state index contributed by atoms with van der Waals surface area (Å²) in [5, 5.41) is 3.62. The fourth-order valence-electron chi connectivity index (χ4n) is 1.72. The fourth-order valence-corrected chi connectivity index (χ4v) is 1.72. The summed E-state index contributed by atoms with van der Waals surface area (Å²) in [6, 6.07) is 6.07. The molecule has 1 amide bonds. The number of ether oxygens (including phenoxy) is 2. The van der Waals surface area contributed by atoms with Crippen molar-refractivity contribution in [1.29, 1.82) is 0 Å². The predicted molar refractivity (Wildman–Crippen MR) is 79.0 cm³/mol. The number of amides is 1. The van der Waals surface area contributed by atoms with Gasteiger partial charge in [-0.2, -0.15) is 22.7 Å². The van der Waals surface area contributed by atoms with Crippen LogP contribution in [0.2, 0.25) is 0 Å². The van der Waals surface area contributed by atoms with Crippen molar-refractivity contribution in [1.82, 2.24) is 10.4 Å². The molecule has 1 aromatic heterocycles. The van der Waals surface area contributed by atoms with Crippen LogP contribution in [-0.2, 0) is 0 Å². The van der Waals surface area contributed by atoms with E-state index in [9.17, 15) is 22.4 Å². The highest BCUT2D eigenvalue weighted by atomic mass is 19.3. The van der Waals surface area contributed by atoms with Gasteiger partial charge in [-0.3, -0.25) is 9.78 Å².